The van der Waals surface area contributed by atoms with E-state index in [9.17, 15) is 9.50 Å². The van der Waals surface area contributed by atoms with Crippen molar-refractivity contribution in [2.75, 3.05) is 11.4 Å². The van der Waals surface area contributed by atoms with Crippen LogP contribution in [0.25, 0.3) is 22.0 Å². The number of nitrogens with zero attached hydrogens (tertiary/aromatic N) is 4. The third-order valence-corrected chi connectivity index (χ3v) is 5.87. The van der Waals surface area contributed by atoms with Crippen LogP contribution in [-0.4, -0.2) is 26.6 Å². The van der Waals surface area contributed by atoms with Gasteiger partial charge in [0.15, 0.2) is 0 Å². The lowest BCUT2D eigenvalue weighted by atomic mass is 10.0. The highest BCUT2D eigenvalue weighted by molar-refractivity contribution is 6.31. The quantitative estimate of drug-likeness (QED) is 0.506. The number of halogens is 2. The Morgan fingerprint density at radius 1 is 1.10 bits per heavy atom. The molecule has 0 atom stereocenters. The smallest absolute Gasteiger partial charge is 0.144 e. The van der Waals surface area contributed by atoms with E-state index >= 15 is 0 Å². The van der Waals surface area contributed by atoms with Crippen LogP contribution in [0.4, 0.5) is 15.9 Å². The van der Waals surface area contributed by atoms with Crippen molar-refractivity contribution in [1.82, 2.24) is 15.0 Å². The zero-order valence-corrected chi connectivity index (χ0v) is 17.0. The summed E-state index contributed by atoms with van der Waals surface area (Å²) in [5.41, 5.74) is 6.06. The Labute approximate surface area is 177 Å². The summed E-state index contributed by atoms with van der Waals surface area (Å²) in [6, 6.07) is 11.1. The fourth-order valence-electron chi connectivity index (χ4n) is 3.94. The zero-order chi connectivity index (χ0) is 20.8. The highest BCUT2D eigenvalue weighted by Gasteiger charge is 2.25. The Hall–Kier alpha value is -3.09. The predicted molar refractivity (Wildman–Crippen MR) is 116 cm³/mol. The van der Waals surface area contributed by atoms with Gasteiger partial charge in [-0.3, -0.25) is 4.98 Å². The van der Waals surface area contributed by atoms with Gasteiger partial charge in [0.1, 0.15) is 18.0 Å². The number of aliphatic hydroxyl groups excluding tert-OH is 1. The molecule has 2 aromatic carbocycles. The lowest BCUT2D eigenvalue weighted by Gasteiger charge is -2.20. The van der Waals surface area contributed by atoms with Crippen molar-refractivity contribution in [3.05, 3.63) is 76.6 Å². The van der Waals surface area contributed by atoms with Crippen LogP contribution in [0.15, 0.2) is 48.9 Å². The number of aliphatic hydroxyl groups is 1. The topological polar surface area (TPSA) is 62.1 Å². The largest absolute Gasteiger partial charge is 0.392 e. The van der Waals surface area contributed by atoms with Crippen molar-refractivity contribution >= 4 is 34.0 Å². The number of benzene rings is 2. The number of anilines is 2. The van der Waals surface area contributed by atoms with Gasteiger partial charge in [0.05, 0.1) is 17.1 Å². The van der Waals surface area contributed by atoms with Crippen molar-refractivity contribution < 1.29 is 9.50 Å². The Balaban J connectivity index is 1.65. The zero-order valence-electron chi connectivity index (χ0n) is 16.2. The number of hydrogen-bond acceptors (Lipinski definition) is 5. The SMILES string of the molecule is Cc1ncc(-c2ccc3ncnc(N4CCc5cc(F)c(Cl)cc54)c3c2)cc1CO. The molecule has 5 nitrogen and oxygen atoms in total. The van der Waals surface area contributed by atoms with Crippen LogP contribution in [0.5, 0.6) is 0 Å². The molecule has 0 unspecified atom stereocenters. The molecule has 30 heavy (non-hydrogen) atoms. The van der Waals surface area contributed by atoms with Gasteiger partial charge in [-0.1, -0.05) is 17.7 Å². The summed E-state index contributed by atoms with van der Waals surface area (Å²) in [5, 5.41) is 10.6. The van der Waals surface area contributed by atoms with Gasteiger partial charge in [-0.15, -0.1) is 0 Å². The van der Waals surface area contributed by atoms with E-state index in [-0.39, 0.29) is 11.6 Å². The van der Waals surface area contributed by atoms with Gasteiger partial charge in [-0.2, -0.15) is 0 Å². The minimum Gasteiger partial charge on any atom is -0.392 e. The monoisotopic (exact) mass is 420 g/mol. The van der Waals surface area contributed by atoms with E-state index in [1.54, 1.807) is 12.3 Å². The molecule has 1 aliphatic rings. The van der Waals surface area contributed by atoms with Crippen LogP contribution in [0.2, 0.25) is 5.02 Å². The molecule has 3 heterocycles. The molecule has 0 bridgehead atoms. The maximum absolute atomic E-state index is 13.9. The van der Waals surface area contributed by atoms with Crippen LogP contribution < -0.4 is 4.90 Å². The number of aryl methyl sites for hydroxylation is 1. The predicted octanol–water partition coefficient (Wildman–Crippen LogP) is 4.98. The maximum Gasteiger partial charge on any atom is 0.144 e. The molecule has 1 aliphatic heterocycles. The number of fused-ring (bicyclic) bond motifs is 2. The van der Waals surface area contributed by atoms with Gasteiger partial charge < -0.3 is 10.0 Å². The third-order valence-electron chi connectivity index (χ3n) is 5.58. The second-order valence-corrected chi connectivity index (χ2v) is 7.76. The van der Waals surface area contributed by atoms with Crippen molar-refractivity contribution in [3.63, 3.8) is 0 Å². The van der Waals surface area contributed by atoms with Gasteiger partial charge in [0.2, 0.25) is 0 Å². The summed E-state index contributed by atoms with van der Waals surface area (Å²) in [6.45, 7) is 2.50. The molecule has 0 radical (unpaired) electrons. The molecule has 7 heteroatoms. The van der Waals surface area contributed by atoms with Crippen molar-refractivity contribution in [2.24, 2.45) is 0 Å². The number of pyridine rings is 1. The normalized spacial score (nSPS) is 13.1. The van der Waals surface area contributed by atoms with Crippen LogP contribution in [-0.2, 0) is 13.0 Å². The molecular formula is C23H18ClFN4O. The number of hydrogen-bond donors (Lipinski definition) is 1. The lowest BCUT2D eigenvalue weighted by Crippen LogP contribution is -2.15. The molecule has 0 saturated heterocycles. The molecule has 0 fully saturated rings. The molecule has 0 aliphatic carbocycles. The first-order valence-electron chi connectivity index (χ1n) is 9.62. The summed E-state index contributed by atoms with van der Waals surface area (Å²) in [7, 11) is 0. The molecule has 4 aromatic rings. The summed E-state index contributed by atoms with van der Waals surface area (Å²) >= 11 is 6.05. The van der Waals surface area contributed by atoms with Crippen LogP contribution >= 0.6 is 11.6 Å². The van der Waals surface area contributed by atoms with Gasteiger partial charge in [0.25, 0.3) is 0 Å². The third kappa shape index (κ3) is 3.09. The van der Waals surface area contributed by atoms with Crippen LogP contribution in [0.1, 0.15) is 16.8 Å². The second-order valence-electron chi connectivity index (χ2n) is 7.35. The number of aromatic nitrogens is 3. The minimum atomic E-state index is -0.404. The van der Waals surface area contributed by atoms with Crippen LogP contribution in [0.3, 0.4) is 0 Å². The van der Waals surface area contributed by atoms with Gasteiger partial charge in [-0.05, 0) is 60.4 Å². The van der Waals surface area contributed by atoms with E-state index < -0.39 is 5.82 Å². The van der Waals surface area contributed by atoms with Gasteiger partial charge >= 0.3 is 0 Å². The first-order valence-corrected chi connectivity index (χ1v) is 10.00. The number of rotatable bonds is 3. The molecule has 1 N–H and O–H groups in total. The van der Waals surface area contributed by atoms with Gasteiger partial charge in [-0.25, -0.2) is 14.4 Å². The van der Waals surface area contributed by atoms with E-state index in [0.29, 0.717) is 6.54 Å². The Bertz CT molecular complexity index is 1290. The highest BCUT2D eigenvalue weighted by Crippen LogP contribution is 2.39. The average molecular weight is 421 g/mol. The summed E-state index contributed by atoms with van der Waals surface area (Å²) in [5.74, 6) is 0.351. The summed E-state index contributed by atoms with van der Waals surface area (Å²) < 4.78 is 13.9. The van der Waals surface area contributed by atoms with E-state index in [4.69, 9.17) is 11.6 Å². The molecule has 0 saturated carbocycles. The maximum atomic E-state index is 13.9. The first-order chi connectivity index (χ1) is 14.5. The molecule has 0 spiro atoms. The van der Waals surface area contributed by atoms with E-state index in [1.807, 2.05) is 31.2 Å². The standard InChI is InChI=1S/C23H18ClFN4O/c1-13-17(11-30)6-16(10-26-13)14-2-3-21-18(7-14)23(28-12-27-21)29-5-4-15-8-20(25)19(24)9-22(15)29/h2-3,6-10,12,30H,4-5,11H2,1H3. The van der Waals surface area contributed by atoms with Crippen molar-refractivity contribution in [2.45, 2.75) is 20.0 Å². The fraction of sp³-hybridized carbons (Fsp3) is 0.174. The van der Waals surface area contributed by atoms with Crippen LogP contribution in [0, 0.1) is 12.7 Å². The molecule has 0 amide bonds. The Morgan fingerprint density at radius 2 is 1.97 bits per heavy atom. The average Bonchev–Trinajstić information content (AvgIpc) is 3.16. The van der Waals surface area contributed by atoms with Crippen molar-refractivity contribution in [3.8, 4) is 11.1 Å². The minimum absolute atomic E-state index is 0.0590. The molecule has 2 aromatic heterocycles. The molecule has 5 rings (SSSR count). The summed E-state index contributed by atoms with van der Waals surface area (Å²) in [6.07, 6.45) is 4.06. The van der Waals surface area contributed by atoms with E-state index in [0.717, 1.165) is 56.8 Å². The van der Waals surface area contributed by atoms with Crippen molar-refractivity contribution in [1.29, 1.82) is 0 Å². The highest BCUT2D eigenvalue weighted by atomic mass is 35.5. The second kappa shape index (κ2) is 7.31. The van der Waals surface area contributed by atoms with E-state index in [2.05, 4.69) is 19.9 Å². The summed E-state index contributed by atoms with van der Waals surface area (Å²) in [4.78, 5) is 15.4. The van der Waals surface area contributed by atoms with E-state index in [1.165, 1.54) is 12.4 Å². The molecule has 150 valence electrons. The Kier molecular flexibility index (Phi) is 4.60. The lowest BCUT2D eigenvalue weighted by molar-refractivity contribution is 0.280. The first kappa shape index (κ1) is 18.9. The van der Waals surface area contributed by atoms with Gasteiger partial charge in [0, 0.05) is 35.1 Å². The fourth-order valence-corrected chi connectivity index (χ4v) is 4.09. The Morgan fingerprint density at radius 3 is 2.80 bits per heavy atom. The molecular weight excluding hydrogens is 403 g/mol.